The first kappa shape index (κ1) is 12.8. The zero-order valence-corrected chi connectivity index (χ0v) is 11.3. The molecule has 96 valence electrons. The third kappa shape index (κ3) is 2.76. The fourth-order valence-electron chi connectivity index (χ4n) is 1.87. The topological polar surface area (TPSA) is 51.0 Å². The van der Waals surface area contributed by atoms with Crippen LogP contribution in [-0.4, -0.2) is 16.2 Å². The van der Waals surface area contributed by atoms with Crippen molar-refractivity contribution in [3.05, 3.63) is 35.2 Å². The Labute approximate surface area is 107 Å². The Morgan fingerprint density at radius 2 is 1.83 bits per heavy atom. The molecular weight excluding hydrogens is 226 g/mol. The van der Waals surface area contributed by atoms with Crippen LogP contribution < -0.4 is 5.32 Å². The molecule has 0 aliphatic carbocycles. The summed E-state index contributed by atoms with van der Waals surface area (Å²) in [6, 6.07) is 6.55. The lowest BCUT2D eigenvalue weighted by Crippen LogP contribution is -2.21. The molecule has 4 heteroatoms. The van der Waals surface area contributed by atoms with Crippen molar-refractivity contribution in [2.24, 2.45) is 0 Å². The molecule has 0 unspecified atom stereocenters. The maximum Gasteiger partial charge on any atom is 0.248 e. The van der Waals surface area contributed by atoms with Gasteiger partial charge in [-0.25, -0.2) is 0 Å². The van der Waals surface area contributed by atoms with E-state index >= 15 is 0 Å². The van der Waals surface area contributed by atoms with E-state index in [1.807, 2.05) is 6.07 Å². The third-order valence-corrected chi connectivity index (χ3v) is 2.82. The van der Waals surface area contributed by atoms with Crippen LogP contribution in [-0.2, 0) is 6.54 Å². The van der Waals surface area contributed by atoms with E-state index in [-0.39, 0.29) is 0 Å². The smallest absolute Gasteiger partial charge is 0.248 e. The van der Waals surface area contributed by atoms with E-state index in [9.17, 15) is 0 Å². The molecular formula is C14H19N3O. The monoisotopic (exact) mass is 245 g/mol. The summed E-state index contributed by atoms with van der Waals surface area (Å²) in [5.74, 6) is 1.23. The minimum atomic E-state index is 0.403. The van der Waals surface area contributed by atoms with Gasteiger partial charge in [0.1, 0.15) is 0 Å². The second-order valence-electron chi connectivity index (χ2n) is 4.80. The first-order chi connectivity index (χ1) is 8.58. The van der Waals surface area contributed by atoms with Gasteiger partial charge in [0.25, 0.3) is 0 Å². The van der Waals surface area contributed by atoms with E-state index in [0.717, 1.165) is 16.7 Å². The number of hydrogen-bond acceptors (Lipinski definition) is 4. The fraction of sp³-hybridized carbons (Fsp3) is 0.429. The minimum absolute atomic E-state index is 0.403. The van der Waals surface area contributed by atoms with E-state index in [1.54, 1.807) is 0 Å². The highest BCUT2D eigenvalue weighted by Gasteiger charge is 2.13. The van der Waals surface area contributed by atoms with Crippen molar-refractivity contribution < 1.29 is 4.42 Å². The zero-order chi connectivity index (χ0) is 13.1. The predicted molar refractivity (Wildman–Crippen MR) is 71.2 cm³/mol. The van der Waals surface area contributed by atoms with Crippen molar-refractivity contribution in [1.29, 1.82) is 0 Å². The Morgan fingerprint density at radius 1 is 1.17 bits per heavy atom. The summed E-state index contributed by atoms with van der Waals surface area (Å²) >= 11 is 0. The molecule has 0 saturated carbocycles. The van der Waals surface area contributed by atoms with Crippen LogP contribution in [0.3, 0.4) is 0 Å². The number of benzene rings is 1. The van der Waals surface area contributed by atoms with E-state index in [0.29, 0.717) is 24.4 Å². The normalized spacial score (nSPS) is 11.2. The lowest BCUT2D eigenvalue weighted by atomic mass is 10.0. The molecule has 1 N–H and O–H groups in total. The quantitative estimate of drug-likeness (QED) is 0.900. The molecule has 2 rings (SSSR count). The van der Waals surface area contributed by atoms with Crippen LogP contribution in [0.5, 0.6) is 0 Å². The van der Waals surface area contributed by atoms with Crippen molar-refractivity contribution in [3.63, 3.8) is 0 Å². The highest BCUT2D eigenvalue weighted by atomic mass is 16.4. The van der Waals surface area contributed by atoms with Gasteiger partial charge in [0.2, 0.25) is 11.8 Å². The minimum Gasteiger partial charge on any atom is -0.419 e. The van der Waals surface area contributed by atoms with Crippen molar-refractivity contribution in [3.8, 4) is 11.5 Å². The van der Waals surface area contributed by atoms with Crippen LogP contribution >= 0.6 is 0 Å². The summed E-state index contributed by atoms with van der Waals surface area (Å²) in [4.78, 5) is 0. The third-order valence-electron chi connectivity index (χ3n) is 2.82. The number of aryl methyl sites for hydroxylation is 2. The number of rotatable bonds is 4. The number of nitrogens with one attached hydrogen (secondary N) is 1. The lowest BCUT2D eigenvalue weighted by Gasteiger charge is -2.05. The van der Waals surface area contributed by atoms with Gasteiger partial charge >= 0.3 is 0 Å². The van der Waals surface area contributed by atoms with Crippen molar-refractivity contribution in [2.75, 3.05) is 0 Å². The summed E-state index contributed by atoms with van der Waals surface area (Å²) in [5.41, 5.74) is 3.35. The summed E-state index contributed by atoms with van der Waals surface area (Å²) < 4.78 is 5.70. The van der Waals surface area contributed by atoms with Crippen LogP contribution in [0.4, 0.5) is 0 Å². The van der Waals surface area contributed by atoms with Crippen LogP contribution in [0.15, 0.2) is 22.6 Å². The van der Waals surface area contributed by atoms with E-state index in [1.165, 1.54) is 0 Å². The van der Waals surface area contributed by atoms with Gasteiger partial charge in [-0.1, -0.05) is 32.0 Å². The van der Waals surface area contributed by atoms with E-state index in [2.05, 4.69) is 55.3 Å². The average Bonchev–Trinajstić information content (AvgIpc) is 2.75. The Hall–Kier alpha value is -1.68. The molecule has 0 spiro atoms. The summed E-state index contributed by atoms with van der Waals surface area (Å²) in [5, 5.41) is 11.5. The highest BCUT2D eigenvalue weighted by molar-refractivity contribution is 5.62. The molecule has 0 aliphatic heterocycles. The Balaban J connectivity index is 2.24. The Kier molecular flexibility index (Phi) is 3.77. The van der Waals surface area contributed by atoms with Gasteiger partial charge in [-0.2, -0.15) is 0 Å². The largest absolute Gasteiger partial charge is 0.419 e. The standard InChI is InChI=1S/C14H19N3O/c1-9(2)15-8-12-16-17-14(18-12)13-10(3)6-5-7-11(13)4/h5-7,9,15H,8H2,1-4H3. The molecule has 1 aromatic carbocycles. The summed E-state index contributed by atoms with van der Waals surface area (Å²) in [7, 11) is 0. The molecule has 0 fully saturated rings. The molecule has 0 radical (unpaired) electrons. The Morgan fingerprint density at radius 3 is 2.44 bits per heavy atom. The van der Waals surface area contributed by atoms with Crippen molar-refractivity contribution in [1.82, 2.24) is 15.5 Å². The Bertz CT molecular complexity index is 511. The molecule has 1 heterocycles. The van der Waals surface area contributed by atoms with Crippen molar-refractivity contribution in [2.45, 2.75) is 40.3 Å². The molecule has 18 heavy (non-hydrogen) atoms. The predicted octanol–water partition coefficient (Wildman–Crippen LogP) is 2.85. The molecule has 0 saturated heterocycles. The van der Waals surface area contributed by atoms with Crippen LogP contribution in [0.1, 0.15) is 30.9 Å². The first-order valence-corrected chi connectivity index (χ1v) is 6.20. The first-order valence-electron chi connectivity index (χ1n) is 6.20. The zero-order valence-electron chi connectivity index (χ0n) is 11.3. The van der Waals surface area contributed by atoms with E-state index in [4.69, 9.17) is 4.42 Å². The maximum absolute atomic E-state index is 5.70. The summed E-state index contributed by atoms with van der Waals surface area (Å²) in [6.07, 6.45) is 0. The van der Waals surface area contributed by atoms with Gasteiger partial charge in [-0.05, 0) is 25.0 Å². The van der Waals surface area contributed by atoms with Crippen LogP contribution in [0.2, 0.25) is 0 Å². The van der Waals surface area contributed by atoms with Gasteiger partial charge < -0.3 is 9.73 Å². The molecule has 0 aliphatic rings. The van der Waals surface area contributed by atoms with E-state index < -0.39 is 0 Å². The number of hydrogen-bond donors (Lipinski definition) is 1. The van der Waals surface area contributed by atoms with Gasteiger partial charge in [-0.15, -0.1) is 10.2 Å². The molecule has 1 aromatic heterocycles. The van der Waals surface area contributed by atoms with Gasteiger partial charge in [0, 0.05) is 11.6 Å². The molecule has 0 amide bonds. The van der Waals surface area contributed by atoms with Crippen molar-refractivity contribution >= 4 is 0 Å². The number of nitrogens with zero attached hydrogens (tertiary/aromatic N) is 2. The highest BCUT2D eigenvalue weighted by Crippen LogP contribution is 2.25. The van der Waals surface area contributed by atoms with Crippen LogP contribution in [0, 0.1) is 13.8 Å². The average molecular weight is 245 g/mol. The molecule has 0 atom stereocenters. The number of aromatic nitrogens is 2. The second-order valence-corrected chi connectivity index (χ2v) is 4.80. The van der Waals surface area contributed by atoms with Gasteiger partial charge in [0.05, 0.1) is 6.54 Å². The maximum atomic E-state index is 5.70. The SMILES string of the molecule is Cc1cccc(C)c1-c1nnc(CNC(C)C)o1. The molecule has 4 nitrogen and oxygen atoms in total. The summed E-state index contributed by atoms with van der Waals surface area (Å²) in [6.45, 7) is 8.89. The van der Waals surface area contributed by atoms with Crippen LogP contribution in [0.25, 0.3) is 11.5 Å². The molecule has 2 aromatic rings. The molecule has 0 bridgehead atoms. The lowest BCUT2D eigenvalue weighted by molar-refractivity contribution is 0.458. The second kappa shape index (κ2) is 5.31. The van der Waals surface area contributed by atoms with Gasteiger partial charge in [0.15, 0.2) is 0 Å². The van der Waals surface area contributed by atoms with Gasteiger partial charge in [-0.3, -0.25) is 0 Å². The fourth-order valence-corrected chi connectivity index (χ4v) is 1.87.